The molecule has 1 N–H and O–H groups in total. The molecular formula is C23H27N9O. The number of anilines is 1. The molecule has 2 aliphatic rings. The molecule has 0 aromatic carbocycles. The number of imidazole rings is 1. The average molecular weight is 446 g/mol. The van der Waals surface area contributed by atoms with E-state index < -0.39 is 5.41 Å². The second-order valence-electron chi connectivity index (χ2n) is 8.88. The lowest BCUT2D eigenvalue weighted by Gasteiger charge is -2.26. The number of carbonyl (C=O) groups is 1. The standard InChI is InChI=1S/C23H27N9O/c1-3-32-20(16-10-25-15(2)26-11-16)30-18-19(27-14-28-21(18)32)29-17-6-9-31(12-17)22(33)23(13-24)7-4-5-8-23/h10-11,14,17H,3-9,12H2,1-2H3,(H,27,28,29)/t17-/m0/s1. The summed E-state index contributed by atoms with van der Waals surface area (Å²) in [6, 6.07) is 2.37. The van der Waals surface area contributed by atoms with Gasteiger partial charge in [-0.05, 0) is 33.1 Å². The van der Waals surface area contributed by atoms with E-state index in [1.54, 1.807) is 12.4 Å². The molecule has 1 saturated carbocycles. The van der Waals surface area contributed by atoms with Crippen LogP contribution in [-0.2, 0) is 11.3 Å². The van der Waals surface area contributed by atoms with Crippen LogP contribution in [0.5, 0.6) is 0 Å². The number of fused-ring (bicyclic) bond motifs is 1. The first-order chi connectivity index (χ1) is 16.0. The van der Waals surface area contributed by atoms with Gasteiger partial charge in [0, 0.05) is 38.1 Å². The van der Waals surface area contributed by atoms with Crippen LogP contribution in [-0.4, -0.2) is 59.4 Å². The van der Waals surface area contributed by atoms with Crippen molar-refractivity contribution in [2.45, 2.75) is 58.5 Å². The number of likely N-dealkylation sites (tertiary alicyclic amines) is 1. The summed E-state index contributed by atoms with van der Waals surface area (Å²) >= 11 is 0. The number of hydrogen-bond donors (Lipinski definition) is 1. The van der Waals surface area contributed by atoms with Gasteiger partial charge in [0.25, 0.3) is 0 Å². The van der Waals surface area contributed by atoms with Crippen LogP contribution in [0.15, 0.2) is 18.7 Å². The molecule has 2 fully saturated rings. The molecule has 0 unspecified atom stereocenters. The first-order valence-corrected chi connectivity index (χ1v) is 11.5. The van der Waals surface area contributed by atoms with Crippen LogP contribution in [0.25, 0.3) is 22.6 Å². The molecule has 10 nitrogen and oxygen atoms in total. The maximum absolute atomic E-state index is 13.1. The number of carbonyl (C=O) groups excluding carboxylic acids is 1. The number of nitrogens with zero attached hydrogens (tertiary/aromatic N) is 8. The predicted molar refractivity (Wildman–Crippen MR) is 122 cm³/mol. The Morgan fingerprint density at radius 1 is 1.24 bits per heavy atom. The molecule has 1 atom stereocenters. The number of nitriles is 1. The van der Waals surface area contributed by atoms with Crippen LogP contribution in [0.2, 0.25) is 0 Å². The molecule has 0 radical (unpaired) electrons. The Kier molecular flexibility index (Phi) is 5.40. The van der Waals surface area contributed by atoms with Crippen molar-refractivity contribution in [2.24, 2.45) is 5.41 Å². The number of amides is 1. The highest BCUT2D eigenvalue weighted by Gasteiger charge is 2.45. The van der Waals surface area contributed by atoms with E-state index in [2.05, 4.69) is 31.3 Å². The minimum absolute atomic E-state index is 0.0171. The van der Waals surface area contributed by atoms with E-state index in [4.69, 9.17) is 4.98 Å². The Balaban J connectivity index is 1.39. The predicted octanol–water partition coefficient (Wildman–Crippen LogP) is 2.71. The Bertz CT molecular complexity index is 1220. The van der Waals surface area contributed by atoms with Crippen LogP contribution in [0.1, 0.15) is 44.9 Å². The topological polar surface area (TPSA) is 126 Å². The van der Waals surface area contributed by atoms with Crippen LogP contribution in [0, 0.1) is 23.7 Å². The van der Waals surface area contributed by atoms with Crippen LogP contribution < -0.4 is 5.32 Å². The quantitative estimate of drug-likeness (QED) is 0.635. The third-order valence-electron chi connectivity index (χ3n) is 6.78. The van der Waals surface area contributed by atoms with Gasteiger partial charge in [-0.1, -0.05) is 12.8 Å². The zero-order valence-electron chi connectivity index (χ0n) is 19.0. The minimum Gasteiger partial charge on any atom is -0.364 e. The molecule has 3 aromatic heterocycles. The van der Waals surface area contributed by atoms with Gasteiger partial charge in [0.1, 0.15) is 23.4 Å². The monoisotopic (exact) mass is 445 g/mol. The van der Waals surface area contributed by atoms with Gasteiger partial charge >= 0.3 is 0 Å². The van der Waals surface area contributed by atoms with E-state index in [0.717, 1.165) is 36.3 Å². The minimum atomic E-state index is -0.831. The molecule has 5 rings (SSSR count). The van der Waals surface area contributed by atoms with Crippen molar-refractivity contribution in [2.75, 3.05) is 18.4 Å². The summed E-state index contributed by atoms with van der Waals surface area (Å²) in [5.41, 5.74) is 1.42. The summed E-state index contributed by atoms with van der Waals surface area (Å²) in [7, 11) is 0. The second kappa shape index (κ2) is 8.39. The molecule has 1 aliphatic carbocycles. The van der Waals surface area contributed by atoms with Gasteiger partial charge in [-0.2, -0.15) is 5.26 Å². The van der Waals surface area contributed by atoms with Crippen LogP contribution >= 0.6 is 0 Å². The fourth-order valence-electron chi connectivity index (χ4n) is 4.98. The van der Waals surface area contributed by atoms with E-state index in [9.17, 15) is 10.1 Å². The summed E-state index contributed by atoms with van der Waals surface area (Å²) in [4.78, 5) is 37.3. The van der Waals surface area contributed by atoms with E-state index in [1.807, 2.05) is 23.3 Å². The molecule has 170 valence electrons. The lowest BCUT2D eigenvalue weighted by atomic mass is 9.86. The van der Waals surface area contributed by atoms with Gasteiger partial charge in [-0.25, -0.2) is 24.9 Å². The maximum Gasteiger partial charge on any atom is 0.243 e. The van der Waals surface area contributed by atoms with Crippen molar-refractivity contribution in [1.82, 2.24) is 34.4 Å². The molecular weight excluding hydrogens is 418 g/mol. The summed E-state index contributed by atoms with van der Waals surface area (Å²) < 4.78 is 2.03. The largest absolute Gasteiger partial charge is 0.364 e. The highest BCUT2D eigenvalue weighted by Crippen LogP contribution is 2.40. The number of nitrogens with one attached hydrogen (secondary N) is 1. The smallest absolute Gasteiger partial charge is 0.243 e. The van der Waals surface area contributed by atoms with Gasteiger partial charge in [-0.3, -0.25) is 4.79 Å². The molecule has 1 saturated heterocycles. The van der Waals surface area contributed by atoms with E-state index in [0.29, 0.717) is 49.6 Å². The van der Waals surface area contributed by atoms with Gasteiger partial charge in [0.15, 0.2) is 17.0 Å². The zero-order chi connectivity index (χ0) is 23.0. The van der Waals surface area contributed by atoms with Crippen molar-refractivity contribution >= 4 is 22.9 Å². The van der Waals surface area contributed by atoms with Crippen LogP contribution in [0.4, 0.5) is 5.82 Å². The average Bonchev–Trinajstić information content (AvgIpc) is 3.58. The third kappa shape index (κ3) is 3.67. The lowest BCUT2D eigenvalue weighted by Crippen LogP contribution is -2.41. The Morgan fingerprint density at radius 2 is 2.00 bits per heavy atom. The number of hydrogen-bond acceptors (Lipinski definition) is 8. The van der Waals surface area contributed by atoms with E-state index in [-0.39, 0.29) is 11.9 Å². The van der Waals surface area contributed by atoms with E-state index >= 15 is 0 Å². The maximum atomic E-state index is 13.1. The normalized spacial score (nSPS) is 19.7. The summed E-state index contributed by atoms with van der Waals surface area (Å²) in [5.74, 6) is 2.08. The molecule has 0 spiro atoms. The zero-order valence-corrected chi connectivity index (χ0v) is 19.0. The summed E-state index contributed by atoms with van der Waals surface area (Å²) in [5, 5.41) is 13.2. The molecule has 1 aliphatic heterocycles. The fourth-order valence-corrected chi connectivity index (χ4v) is 4.98. The Labute approximate surface area is 192 Å². The van der Waals surface area contributed by atoms with Crippen LogP contribution in [0.3, 0.4) is 0 Å². The van der Waals surface area contributed by atoms with Gasteiger partial charge in [0.05, 0.1) is 11.6 Å². The molecule has 10 heteroatoms. The molecule has 1 amide bonds. The number of aromatic nitrogens is 6. The summed E-state index contributed by atoms with van der Waals surface area (Å²) in [6.07, 6.45) is 9.10. The van der Waals surface area contributed by atoms with Gasteiger partial charge < -0.3 is 14.8 Å². The first kappa shape index (κ1) is 21.2. The fraction of sp³-hybridized carbons (Fsp3) is 0.522. The van der Waals surface area contributed by atoms with Crippen molar-refractivity contribution in [3.8, 4) is 17.5 Å². The first-order valence-electron chi connectivity index (χ1n) is 11.5. The SMILES string of the molecule is CCn1c(-c2cnc(C)nc2)nc2c(N[C@H]3CCN(C(=O)C4(C#N)CCCC4)C3)ncnc21. The molecule has 0 bridgehead atoms. The molecule has 33 heavy (non-hydrogen) atoms. The number of rotatable bonds is 5. The molecule has 3 aromatic rings. The highest BCUT2D eigenvalue weighted by molar-refractivity contribution is 5.87. The Hall–Kier alpha value is -3.61. The number of aryl methyl sites for hydroxylation is 2. The lowest BCUT2D eigenvalue weighted by molar-refractivity contribution is -0.137. The van der Waals surface area contributed by atoms with Crippen molar-refractivity contribution in [1.29, 1.82) is 5.26 Å². The summed E-state index contributed by atoms with van der Waals surface area (Å²) in [6.45, 7) is 5.78. The van der Waals surface area contributed by atoms with Crippen molar-refractivity contribution in [3.05, 3.63) is 24.5 Å². The Morgan fingerprint density at radius 3 is 2.70 bits per heavy atom. The van der Waals surface area contributed by atoms with Crippen molar-refractivity contribution in [3.63, 3.8) is 0 Å². The van der Waals surface area contributed by atoms with Crippen molar-refractivity contribution < 1.29 is 4.79 Å². The third-order valence-corrected chi connectivity index (χ3v) is 6.78. The van der Waals surface area contributed by atoms with E-state index in [1.165, 1.54) is 6.33 Å². The second-order valence-corrected chi connectivity index (χ2v) is 8.88. The van der Waals surface area contributed by atoms with Gasteiger partial charge in [0.2, 0.25) is 5.91 Å². The van der Waals surface area contributed by atoms with Gasteiger partial charge in [-0.15, -0.1) is 0 Å². The molecule has 4 heterocycles. The highest BCUT2D eigenvalue weighted by atomic mass is 16.2.